The summed E-state index contributed by atoms with van der Waals surface area (Å²) in [5.74, 6) is -1.86. The Labute approximate surface area is 248 Å². The molecule has 1 aromatic heterocycles. The highest BCUT2D eigenvalue weighted by atomic mass is 19.3. The van der Waals surface area contributed by atoms with Gasteiger partial charge in [0, 0.05) is 37.3 Å². The number of nitrogens with one attached hydrogen (secondary N) is 1. The molecule has 0 aliphatic carbocycles. The number of nitrogens with zero attached hydrogens (tertiary/aromatic N) is 5. The van der Waals surface area contributed by atoms with E-state index in [1.165, 1.54) is 40.3 Å². The number of nitriles is 1. The first-order chi connectivity index (χ1) is 20.6. The fourth-order valence-electron chi connectivity index (χ4n) is 5.28. The fourth-order valence-corrected chi connectivity index (χ4v) is 5.28. The Morgan fingerprint density at radius 2 is 1.95 bits per heavy atom. The number of carbonyl (C=O) groups excluding carboxylic acids is 2. The molecule has 3 aromatic rings. The van der Waals surface area contributed by atoms with Crippen LogP contribution in [-0.4, -0.2) is 58.0 Å². The second kappa shape index (κ2) is 14.1. The molecule has 0 saturated carbocycles. The van der Waals surface area contributed by atoms with Crippen molar-refractivity contribution >= 4 is 23.5 Å². The Bertz CT molecular complexity index is 1480. The molecule has 1 aliphatic heterocycles. The zero-order chi connectivity index (χ0) is 31.1. The minimum atomic E-state index is -2.54. The SMILES string of the molecule is CCC(CCC(F)F)NC(=O)C(c1ccccc1C)N(C(=O)C1CC(O)CN1c1nccc(C#N)n1)c1cccc(F)c1. The fraction of sp³-hybridized carbons (Fsp3) is 0.387. The van der Waals surface area contributed by atoms with Crippen LogP contribution in [0.2, 0.25) is 0 Å². The van der Waals surface area contributed by atoms with Gasteiger partial charge in [-0.1, -0.05) is 37.3 Å². The smallest absolute Gasteiger partial charge is 0.250 e. The molecule has 0 spiro atoms. The van der Waals surface area contributed by atoms with Gasteiger partial charge in [-0.25, -0.2) is 23.1 Å². The summed E-state index contributed by atoms with van der Waals surface area (Å²) in [6.07, 6.45) is -2.17. The molecule has 4 rings (SSSR count). The highest BCUT2D eigenvalue weighted by molar-refractivity contribution is 6.05. The zero-order valence-electron chi connectivity index (χ0n) is 23.8. The average Bonchev–Trinajstić information content (AvgIpc) is 3.39. The van der Waals surface area contributed by atoms with Crippen molar-refractivity contribution < 1.29 is 27.9 Å². The molecule has 2 aromatic carbocycles. The highest BCUT2D eigenvalue weighted by Crippen LogP contribution is 2.34. The number of β-amino-alcohol motifs (C(OH)–C–C–N with tert-alkyl or cyclic N) is 1. The summed E-state index contributed by atoms with van der Waals surface area (Å²) in [7, 11) is 0. The van der Waals surface area contributed by atoms with Gasteiger partial charge in [-0.3, -0.25) is 14.5 Å². The third-order valence-corrected chi connectivity index (χ3v) is 7.46. The number of carbonyl (C=O) groups is 2. The molecule has 0 bridgehead atoms. The van der Waals surface area contributed by atoms with Crippen molar-refractivity contribution in [1.29, 1.82) is 5.26 Å². The molecule has 1 fully saturated rings. The monoisotopic (exact) mass is 594 g/mol. The lowest BCUT2D eigenvalue weighted by molar-refractivity contribution is -0.127. The Morgan fingerprint density at radius 3 is 2.63 bits per heavy atom. The molecule has 1 aliphatic rings. The predicted molar refractivity (Wildman–Crippen MR) is 154 cm³/mol. The number of aromatic nitrogens is 2. The third-order valence-electron chi connectivity index (χ3n) is 7.46. The van der Waals surface area contributed by atoms with Gasteiger partial charge in [0.2, 0.25) is 18.3 Å². The van der Waals surface area contributed by atoms with Gasteiger partial charge in [-0.2, -0.15) is 5.26 Å². The second-order valence-corrected chi connectivity index (χ2v) is 10.4. The highest BCUT2D eigenvalue weighted by Gasteiger charge is 2.44. The van der Waals surface area contributed by atoms with Crippen LogP contribution in [0.15, 0.2) is 60.8 Å². The maximum absolute atomic E-state index is 14.6. The summed E-state index contributed by atoms with van der Waals surface area (Å²) in [5, 5.41) is 22.8. The topological polar surface area (TPSA) is 122 Å². The molecule has 2 amide bonds. The maximum Gasteiger partial charge on any atom is 0.250 e. The van der Waals surface area contributed by atoms with Crippen molar-refractivity contribution in [2.24, 2.45) is 0 Å². The van der Waals surface area contributed by atoms with E-state index >= 15 is 0 Å². The van der Waals surface area contributed by atoms with Crippen molar-refractivity contribution in [2.75, 3.05) is 16.3 Å². The predicted octanol–water partition coefficient (Wildman–Crippen LogP) is 4.45. The Hall–Kier alpha value is -4.50. The van der Waals surface area contributed by atoms with Crippen LogP contribution in [0, 0.1) is 24.1 Å². The molecule has 9 nitrogen and oxygen atoms in total. The first kappa shape index (κ1) is 31.4. The van der Waals surface area contributed by atoms with Gasteiger partial charge in [0.05, 0.1) is 6.10 Å². The largest absolute Gasteiger partial charge is 0.391 e. The van der Waals surface area contributed by atoms with E-state index in [4.69, 9.17) is 0 Å². The van der Waals surface area contributed by atoms with Gasteiger partial charge < -0.3 is 15.3 Å². The molecular formula is C31H33F3N6O3. The second-order valence-electron chi connectivity index (χ2n) is 10.4. The van der Waals surface area contributed by atoms with Crippen LogP contribution in [0.4, 0.5) is 24.8 Å². The zero-order valence-corrected chi connectivity index (χ0v) is 23.8. The summed E-state index contributed by atoms with van der Waals surface area (Å²) in [4.78, 5) is 39.8. The first-order valence-electron chi connectivity index (χ1n) is 14.0. The lowest BCUT2D eigenvalue weighted by atomic mass is 9.96. The van der Waals surface area contributed by atoms with Crippen molar-refractivity contribution in [2.45, 2.75) is 70.2 Å². The van der Waals surface area contributed by atoms with Crippen LogP contribution in [0.25, 0.3) is 0 Å². The lowest BCUT2D eigenvalue weighted by Gasteiger charge is -2.36. The van der Waals surface area contributed by atoms with Gasteiger partial charge >= 0.3 is 0 Å². The molecule has 43 heavy (non-hydrogen) atoms. The van der Waals surface area contributed by atoms with Crippen LogP contribution in [0.3, 0.4) is 0 Å². The molecule has 12 heteroatoms. The normalized spacial score (nSPS) is 17.8. The van der Waals surface area contributed by atoms with Crippen molar-refractivity contribution in [3.63, 3.8) is 0 Å². The first-order valence-corrected chi connectivity index (χ1v) is 14.0. The van der Waals surface area contributed by atoms with E-state index in [2.05, 4.69) is 15.3 Å². The molecule has 2 heterocycles. The van der Waals surface area contributed by atoms with Crippen LogP contribution in [0.1, 0.15) is 55.5 Å². The number of hydrogen-bond acceptors (Lipinski definition) is 7. The number of aliphatic hydroxyl groups is 1. The molecule has 4 atom stereocenters. The Balaban J connectivity index is 1.83. The molecule has 1 saturated heterocycles. The van der Waals surface area contributed by atoms with Crippen molar-refractivity contribution in [1.82, 2.24) is 15.3 Å². The number of aliphatic hydroxyl groups excluding tert-OH is 1. The number of amides is 2. The Morgan fingerprint density at radius 1 is 1.19 bits per heavy atom. The minimum absolute atomic E-state index is 0.0188. The lowest BCUT2D eigenvalue weighted by Crippen LogP contribution is -2.52. The van der Waals surface area contributed by atoms with E-state index in [-0.39, 0.29) is 36.7 Å². The number of anilines is 2. The number of aryl methyl sites for hydroxylation is 1. The summed E-state index contributed by atoms with van der Waals surface area (Å²) < 4.78 is 40.7. The quantitative estimate of drug-likeness (QED) is 0.336. The number of halogens is 3. The number of rotatable bonds is 11. The van der Waals surface area contributed by atoms with E-state index < -0.39 is 54.7 Å². The molecule has 2 N–H and O–H groups in total. The summed E-state index contributed by atoms with van der Waals surface area (Å²) in [5.41, 5.74) is 1.27. The number of benzene rings is 2. The molecule has 4 unspecified atom stereocenters. The van der Waals surface area contributed by atoms with E-state index in [0.29, 0.717) is 17.5 Å². The van der Waals surface area contributed by atoms with Gasteiger partial charge in [-0.05, 0) is 55.2 Å². The van der Waals surface area contributed by atoms with Crippen molar-refractivity contribution in [3.8, 4) is 6.07 Å². The number of hydrogen-bond donors (Lipinski definition) is 2. The third kappa shape index (κ3) is 7.48. The number of alkyl halides is 2. The van der Waals surface area contributed by atoms with Gasteiger partial charge in [0.15, 0.2) is 0 Å². The average molecular weight is 595 g/mol. The van der Waals surface area contributed by atoms with E-state index in [9.17, 15) is 33.1 Å². The Kier molecular flexibility index (Phi) is 10.3. The maximum atomic E-state index is 14.6. The van der Waals surface area contributed by atoms with Gasteiger partial charge in [-0.15, -0.1) is 0 Å². The molecular weight excluding hydrogens is 561 g/mol. The minimum Gasteiger partial charge on any atom is -0.391 e. The summed E-state index contributed by atoms with van der Waals surface area (Å²) in [6, 6.07) is 12.5. The van der Waals surface area contributed by atoms with E-state index in [0.717, 1.165) is 6.07 Å². The van der Waals surface area contributed by atoms with Crippen LogP contribution >= 0.6 is 0 Å². The van der Waals surface area contributed by atoms with Crippen LogP contribution in [-0.2, 0) is 9.59 Å². The van der Waals surface area contributed by atoms with E-state index in [1.807, 2.05) is 6.07 Å². The molecule has 226 valence electrons. The van der Waals surface area contributed by atoms with E-state index in [1.54, 1.807) is 38.1 Å². The summed E-state index contributed by atoms with van der Waals surface area (Å²) in [6.45, 7) is 3.52. The summed E-state index contributed by atoms with van der Waals surface area (Å²) >= 11 is 0. The van der Waals surface area contributed by atoms with Gasteiger partial charge in [0.25, 0.3) is 5.91 Å². The standard InChI is InChI=1S/C31H33F3N6O3/c1-3-21(11-12-27(33)34)37-29(42)28(25-10-5-4-7-19(25)2)40(23-9-6-8-20(32)15-23)30(43)26-16-24(41)18-39(26)31-36-14-13-22(17-35)38-31/h4-10,13-15,21,24,26-28,41H,3,11-12,16,18H2,1-2H3,(H,37,42). The van der Waals surface area contributed by atoms with Crippen molar-refractivity contribution in [3.05, 3.63) is 83.4 Å². The van der Waals surface area contributed by atoms with Gasteiger partial charge in [0.1, 0.15) is 29.7 Å². The van der Waals surface area contributed by atoms with Crippen LogP contribution in [0.5, 0.6) is 0 Å². The van der Waals surface area contributed by atoms with Crippen LogP contribution < -0.4 is 15.1 Å². The molecule has 0 radical (unpaired) electrons.